The highest BCUT2D eigenvalue weighted by Gasteiger charge is 2.07. The van der Waals surface area contributed by atoms with Crippen LogP contribution in [0.4, 0.5) is 5.13 Å². The minimum absolute atomic E-state index is 0.836. The van der Waals surface area contributed by atoms with Gasteiger partial charge in [-0.2, -0.15) is 0 Å². The van der Waals surface area contributed by atoms with E-state index in [0.29, 0.717) is 0 Å². The first-order valence-corrected chi connectivity index (χ1v) is 6.62. The molecule has 5 heteroatoms. The molecule has 0 aliphatic carbocycles. The molecule has 1 N–H and O–H groups in total. The molecule has 0 spiro atoms. The highest BCUT2D eigenvalue weighted by molar-refractivity contribution is 7.18. The predicted octanol–water partition coefficient (Wildman–Crippen LogP) is 3.19. The van der Waals surface area contributed by atoms with E-state index in [0.717, 1.165) is 33.3 Å². The molecule has 0 aliphatic rings. The third-order valence-electron chi connectivity index (χ3n) is 2.57. The minimum Gasteiger partial charge on any atom is -0.360 e. The zero-order valence-electron chi connectivity index (χ0n) is 9.92. The normalized spacial score (nSPS) is 10.7. The largest absolute Gasteiger partial charge is 0.360 e. The van der Waals surface area contributed by atoms with Gasteiger partial charge in [-0.3, -0.25) is 0 Å². The third kappa shape index (κ3) is 2.04. The van der Waals surface area contributed by atoms with E-state index in [9.17, 15) is 0 Å². The van der Waals surface area contributed by atoms with Crippen LogP contribution in [0.1, 0.15) is 6.92 Å². The molecule has 0 unspecified atom stereocenters. The molecule has 18 heavy (non-hydrogen) atoms. The van der Waals surface area contributed by atoms with Crippen LogP contribution in [0, 0.1) is 0 Å². The second-order valence-corrected chi connectivity index (χ2v) is 4.81. The number of hydrogen-bond acceptors (Lipinski definition) is 5. The van der Waals surface area contributed by atoms with E-state index in [1.807, 2.05) is 31.2 Å². The molecule has 0 saturated carbocycles. The van der Waals surface area contributed by atoms with Crippen LogP contribution in [-0.4, -0.2) is 21.7 Å². The summed E-state index contributed by atoms with van der Waals surface area (Å²) in [6, 6.07) is 12.1. The second kappa shape index (κ2) is 4.70. The van der Waals surface area contributed by atoms with Gasteiger partial charge in [-0.15, -0.1) is 10.2 Å². The van der Waals surface area contributed by atoms with E-state index >= 15 is 0 Å². The Bertz CT molecular complexity index is 677. The van der Waals surface area contributed by atoms with Gasteiger partial charge < -0.3 is 5.32 Å². The summed E-state index contributed by atoms with van der Waals surface area (Å²) < 4.78 is 0. The maximum atomic E-state index is 4.60. The fourth-order valence-corrected chi connectivity index (χ4v) is 2.52. The smallest absolute Gasteiger partial charge is 0.206 e. The summed E-state index contributed by atoms with van der Waals surface area (Å²) in [5.74, 6) is 0. The number of benzene rings is 1. The van der Waals surface area contributed by atoms with Crippen molar-refractivity contribution >= 4 is 27.4 Å². The molecule has 0 bridgehead atoms. The number of para-hydroxylation sites is 1. The zero-order valence-corrected chi connectivity index (χ0v) is 10.7. The lowest BCUT2D eigenvalue weighted by Crippen LogP contribution is -1.94. The molecule has 0 fully saturated rings. The van der Waals surface area contributed by atoms with Gasteiger partial charge >= 0.3 is 0 Å². The van der Waals surface area contributed by atoms with Gasteiger partial charge in [0.05, 0.1) is 5.52 Å². The minimum atomic E-state index is 0.836. The highest BCUT2D eigenvalue weighted by atomic mass is 32.1. The Kier molecular flexibility index (Phi) is 2.90. The van der Waals surface area contributed by atoms with E-state index in [1.54, 1.807) is 0 Å². The van der Waals surface area contributed by atoms with E-state index < -0.39 is 0 Å². The number of anilines is 1. The second-order valence-electron chi connectivity index (χ2n) is 3.83. The van der Waals surface area contributed by atoms with Crippen LogP contribution in [0.5, 0.6) is 0 Å². The first kappa shape index (κ1) is 11.1. The van der Waals surface area contributed by atoms with Crippen molar-refractivity contribution in [1.29, 1.82) is 0 Å². The Balaban J connectivity index is 2.02. The summed E-state index contributed by atoms with van der Waals surface area (Å²) in [4.78, 5) is 4.60. The quantitative estimate of drug-likeness (QED) is 0.782. The molecule has 0 amide bonds. The molecule has 3 rings (SSSR count). The standard InChI is InChI=1S/C13H12N4S/c1-2-14-13-17-16-12(18-13)11-8-7-9-5-3-4-6-10(9)15-11/h3-8H,2H2,1H3,(H,14,17). The molecule has 0 saturated heterocycles. The molecule has 3 aromatic rings. The van der Waals surface area contributed by atoms with Gasteiger partial charge in [0, 0.05) is 11.9 Å². The molecule has 4 nitrogen and oxygen atoms in total. The molecule has 0 aliphatic heterocycles. The van der Waals surface area contributed by atoms with Crippen LogP contribution in [0.25, 0.3) is 21.6 Å². The van der Waals surface area contributed by atoms with Crippen LogP contribution in [0.3, 0.4) is 0 Å². The SMILES string of the molecule is CCNc1nnc(-c2ccc3ccccc3n2)s1. The fraction of sp³-hybridized carbons (Fsp3) is 0.154. The van der Waals surface area contributed by atoms with Crippen LogP contribution >= 0.6 is 11.3 Å². The molecular weight excluding hydrogens is 244 g/mol. The van der Waals surface area contributed by atoms with Gasteiger partial charge in [0.2, 0.25) is 5.13 Å². The molecule has 1 aromatic carbocycles. The van der Waals surface area contributed by atoms with Crippen molar-refractivity contribution in [2.24, 2.45) is 0 Å². The van der Waals surface area contributed by atoms with Crippen LogP contribution in [-0.2, 0) is 0 Å². The summed E-state index contributed by atoms with van der Waals surface area (Å²) in [7, 11) is 0. The van der Waals surface area contributed by atoms with Gasteiger partial charge in [-0.05, 0) is 19.1 Å². The topological polar surface area (TPSA) is 50.7 Å². The molecular formula is C13H12N4S. The predicted molar refractivity (Wildman–Crippen MR) is 74.8 cm³/mol. The number of rotatable bonds is 3. The summed E-state index contributed by atoms with van der Waals surface area (Å²) in [5.41, 5.74) is 1.85. The van der Waals surface area contributed by atoms with Crippen molar-refractivity contribution in [1.82, 2.24) is 15.2 Å². The lowest BCUT2D eigenvalue weighted by atomic mass is 10.2. The fourth-order valence-electron chi connectivity index (χ4n) is 1.73. The molecule has 0 atom stereocenters. The van der Waals surface area contributed by atoms with Crippen molar-refractivity contribution in [3.8, 4) is 10.7 Å². The average Bonchev–Trinajstić information content (AvgIpc) is 2.87. The first-order chi connectivity index (χ1) is 8.86. The number of nitrogens with one attached hydrogen (secondary N) is 1. The molecule has 90 valence electrons. The van der Waals surface area contributed by atoms with Gasteiger partial charge in [0.1, 0.15) is 5.69 Å². The van der Waals surface area contributed by atoms with Gasteiger partial charge in [-0.1, -0.05) is 35.6 Å². The van der Waals surface area contributed by atoms with Crippen molar-refractivity contribution in [3.63, 3.8) is 0 Å². The maximum Gasteiger partial charge on any atom is 0.206 e. The van der Waals surface area contributed by atoms with E-state index in [2.05, 4.69) is 32.6 Å². The Labute approximate surface area is 109 Å². The van der Waals surface area contributed by atoms with Gasteiger partial charge in [0.25, 0.3) is 0 Å². The van der Waals surface area contributed by atoms with Crippen LogP contribution < -0.4 is 5.32 Å². The van der Waals surface area contributed by atoms with E-state index in [-0.39, 0.29) is 0 Å². The van der Waals surface area contributed by atoms with Crippen molar-refractivity contribution in [2.75, 3.05) is 11.9 Å². The Morgan fingerprint density at radius 3 is 2.89 bits per heavy atom. The Hall–Kier alpha value is -2.01. The monoisotopic (exact) mass is 256 g/mol. The first-order valence-electron chi connectivity index (χ1n) is 5.80. The summed E-state index contributed by atoms with van der Waals surface area (Å²) >= 11 is 1.52. The summed E-state index contributed by atoms with van der Waals surface area (Å²) in [6.07, 6.45) is 0. The van der Waals surface area contributed by atoms with Crippen molar-refractivity contribution < 1.29 is 0 Å². The third-order valence-corrected chi connectivity index (χ3v) is 3.47. The molecule has 2 aromatic heterocycles. The summed E-state index contributed by atoms with van der Waals surface area (Å²) in [6.45, 7) is 2.88. The number of fused-ring (bicyclic) bond motifs is 1. The van der Waals surface area contributed by atoms with Gasteiger partial charge in [0.15, 0.2) is 5.01 Å². The van der Waals surface area contributed by atoms with Gasteiger partial charge in [-0.25, -0.2) is 4.98 Å². The molecule has 0 radical (unpaired) electrons. The van der Waals surface area contributed by atoms with Crippen LogP contribution in [0.2, 0.25) is 0 Å². The Morgan fingerprint density at radius 1 is 1.11 bits per heavy atom. The highest BCUT2D eigenvalue weighted by Crippen LogP contribution is 2.26. The van der Waals surface area contributed by atoms with Crippen LogP contribution in [0.15, 0.2) is 36.4 Å². The number of pyridine rings is 1. The molecule has 2 heterocycles. The van der Waals surface area contributed by atoms with Crippen molar-refractivity contribution in [3.05, 3.63) is 36.4 Å². The zero-order chi connectivity index (χ0) is 12.4. The van der Waals surface area contributed by atoms with Crippen molar-refractivity contribution in [2.45, 2.75) is 6.92 Å². The number of aromatic nitrogens is 3. The lowest BCUT2D eigenvalue weighted by molar-refractivity contribution is 1.06. The van der Waals surface area contributed by atoms with E-state index in [4.69, 9.17) is 0 Å². The lowest BCUT2D eigenvalue weighted by Gasteiger charge is -1.98. The maximum absolute atomic E-state index is 4.60. The average molecular weight is 256 g/mol. The number of nitrogens with zero attached hydrogens (tertiary/aromatic N) is 3. The number of hydrogen-bond donors (Lipinski definition) is 1. The van der Waals surface area contributed by atoms with E-state index in [1.165, 1.54) is 11.3 Å². The Morgan fingerprint density at radius 2 is 2.00 bits per heavy atom. The summed E-state index contributed by atoms with van der Waals surface area (Å²) in [5, 5.41) is 14.2.